The number of hydrogen-bond donors (Lipinski definition) is 1. The number of rotatable bonds is 2. The molecular weight excluding hydrogens is 255 g/mol. The van der Waals surface area contributed by atoms with Gasteiger partial charge in [0.2, 0.25) is 0 Å². The number of fused-ring (bicyclic) bond motifs is 1. The highest BCUT2D eigenvalue weighted by atomic mass is 19.1. The van der Waals surface area contributed by atoms with Crippen molar-refractivity contribution in [2.45, 2.75) is 46.0 Å². The summed E-state index contributed by atoms with van der Waals surface area (Å²) < 4.78 is 13.4. The third-order valence-electron chi connectivity index (χ3n) is 4.04. The summed E-state index contributed by atoms with van der Waals surface area (Å²) in [5.74, 6) is -0.660. The molecule has 0 saturated heterocycles. The number of carbonyl (C=O) groups excluding carboxylic acids is 1. The highest BCUT2D eigenvalue weighted by Crippen LogP contribution is 2.41. The van der Waals surface area contributed by atoms with Gasteiger partial charge in [0.15, 0.2) is 5.78 Å². The molecule has 1 aliphatic carbocycles. The van der Waals surface area contributed by atoms with E-state index in [9.17, 15) is 14.3 Å². The Morgan fingerprint density at radius 1 is 1.30 bits per heavy atom. The molecule has 1 aromatic carbocycles. The predicted molar refractivity (Wildman–Crippen MR) is 78.1 cm³/mol. The normalized spacial score (nSPS) is 22.4. The Balaban J connectivity index is 2.47. The Morgan fingerprint density at radius 2 is 1.95 bits per heavy atom. The number of ketones is 1. The van der Waals surface area contributed by atoms with Crippen LogP contribution in [-0.2, 0) is 10.2 Å². The van der Waals surface area contributed by atoms with Gasteiger partial charge in [-0.3, -0.25) is 4.79 Å². The lowest BCUT2D eigenvalue weighted by Crippen LogP contribution is -2.36. The van der Waals surface area contributed by atoms with Crippen molar-refractivity contribution in [2.75, 3.05) is 0 Å². The maximum atomic E-state index is 13.4. The summed E-state index contributed by atoms with van der Waals surface area (Å²) >= 11 is 0. The molecule has 0 aromatic heterocycles. The molecule has 20 heavy (non-hydrogen) atoms. The highest BCUT2D eigenvalue weighted by molar-refractivity contribution is 6.06. The van der Waals surface area contributed by atoms with E-state index in [4.69, 9.17) is 0 Å². The fourth-order valence-electron chi connectivity index (χ4n) is 2.59. The van der Waals surface area contributed by atoms with Gasteiger partial charge in [-0.15, -0.1) is 0 Å². The first-order chi connectivity index (χ1) is 9.13. The molecular formula is C17H21FO2. The van der Waals surface area contributed by atoms with Gasteiger partial charge in [-0.1, -0.05) is 26.8 Å². The summed E-state index contributed by atoms with van der Waals surface area (Å²) in [6, 6.07) is 4.26. The Bertz CT molecular complexity index is 581. The van der Waals surface area contributed by atoms with Gasteiger partial charge in [-0.05, 0) is 42.9 Å². The van der Waals surface area contributed by atoms with Gasteiger partial charge in [0, 0.05) is 11.6 Å². The Morgan fingerprint density at radius 3 is 2.55 bits per heavy atom. The van der Waals surface area contributed by atoms with E-state index in [0.717, 1.165) is 6.42 Å². The topological polar surface area (TPSA) is 37.3 Å². The zero-order valence-electron chi connectivity index (χ0n) is 12.5. The first kappa shape index (κ1) is 14.8. The first-order valence-corrected chi connectivity index (χ1v) is 6.89. The number of benzene rings is 1. The van der Waals surface area contributed by atoms with Crippen molar-refractivity contribution in [3.05, 3.63) is 41.2 Å². The van der Waals surface area contributed by atoms with Gasteiger partial charge in [0.05, 0.1) is 5.41 Å². The quantitative estimate of drug-likeness (QED) is 0.869. The van der Waals surface area contributed by atoms with Crippen molar-refractivity contribution in [2.24, 2.45) is 5.41 Å². The predicted octanol–water partition coefficient (Wildman–Crippen LogP) is 4.39. The van der Waals surface area contributed by atoms with Crippen LogP contribution in [0.1, 0.15) is 51.7 Å². The Kier molecular flexibility index (Phi) is 3.49. The summed E-state index contributed by atoms with van der Waals surface area (Å²) in [6.45, 7) is 8.26. The molecule has 0 aliphatic heterocycles. The molecule has 2 rings (SSSR count). The molecule has 108 valence electrons. The number of aliphatic hydroxyl groups is 1. The molecule has 1 aliphatic rings. The van der Waals surface area contributed by atoms with Crippen molar-refractivity contribution in [1.29, 1.82) is 0 Å². The van der Waals surface area contributed by atoms with Crippen LogP contribution in [0.25, 0.3) is 5.76 Å². The number of allylic oxidation sites excluding steroid dienone is 1. The fraction of sp³-hybridized carbons (Fsp3) is 0.471. The molecule has 1 aromatic rings. The maximum absolute atomic E-state index is 13.4. The monoisotopic (exact) mass is 276 g/mol. The van der Waals surface area contributed by atoms with E-state index < -0.39 is 11.2 Å². The van der Waals surface area contributed by atoms with E-state index in [-0.39, 0.29) is 17.0 Å². The highest BCUT2D eigenvalue weighted by Gasteiger charge is 2.40. The van der Waals surface area contributed by atoms with Crippen LogP contribution in [0, 0.1) is 11.2 Å². The summed E-state index contributed by atoms with van der Waals surface area (Å²) in [7, 11) is 0. The molecule has 2 nitrogen and oxygen atoms in total. The van der Waals surface area contributed by atoms with Crippen molar-refractivity contribution in [3.8, 4) is 0 Å². The van der Waals surface area contributed by atoms with Crippen LogP contribution in [0.2, 0.25) is 0 Å². The van der Waals surface area contributed by atoms with Crippen LogP contribution in [-0.4, -0.2) is 10.9 Å². The van der Waals surface area contributed by atoms with E-state index in [1.807, 2.05) is 6.92 Å². The van der Waals surface area contributed by atoms with Gasteiger partial charge < -0.3 is 5.11 Å². The molecule has 0 fully saturated rings. The van der Waals surface area contributed by atoms with Crippen LogP contribution >= 0.6 is 0 Å². The van der Waals surface area contributed by atoms with Crippen molar-refractivity contribution in [1.82, 2.24) is 0 Å². The van der Waals surface area contributed by atoms with Gasteiger partial charge >= 0.3 is 0 Å². The minimum atomic E-state index is -0.692. The average Bonchev–Trinajstić information content (AvgIpc) is 2.33. The second kappa shape index (κ2) is 4.72. The van der Waals surface area contributed by atoms with Crippen LogP contribution in [0.3, 0.4) is 0 Å². The molecule has 0 amide bonds. The van der Waals surface area contributed by atoms with E-state index in [2.05, 4.69) is 20.8 Å². The van der Waals surface area contributed by atoms with Crippen LogP contribution in [0.5, 0.6) is 0 Å². The van der Waals surface area contributed by atoms with Gasteiger partial charge in [0.1, 0.15) is 11.6 Å². The molecule has 1 atom stereocenters. The van der Waals surface area contributed by atoms with Crippen LogP contribution in [0.15, 0.2) is 24.3 Å². The lowest BCUT2D eigenvalue weighted by molar-refractivity contribution is -0.120. The molecule has 3 heteroatoms. The summed E-state index contributed by atoms with van der Waals surface area (Å²) in [6.07, 6.45) is 2.78. The SMILES string of the molecule is CC(C)(C)CC[C@@]1(C)C(=O)C=C(O)c2cc(F)ccc21. The molecule has 0 saturated carbocycles. The largest absolute Gasteiger partial charge is 0.507 e. The van der Waals surface area contributed by atoms with Crippen LogP contribution in [0.4, 0.5) is 4.39 Å². The Labute approximate surface area is 119 Å². The van der Waals surface area contributed by atoms with Gasteiger partial charge in [0.25, 0.3) is 0 Å². The average molecular weight is 276 g/mol. The minimum absolute atomic E-state index is 0.113. The van der Waals surface area contributed by atoms with Crippen molar-refractivity contribution in [3.63, 3.8) is 0 Å². The standard InChI is InChI=1S/C17H21FO2/c1-16(2,3)7-8-17(4)13-6-5-11(18)9-12(13)14(19)10-15(17)20/h5-6,9-10,19H,7-8H2,1-4H3/t17-/m1/s1. The molecule has 0 heterocycles. The van der Waals surface area contributed by atoms with E-state index >= 15 is 0 Å². The summed E-state index contributed by atoms with van der Waals surface area (Å²) in [5, 5.41) is 9.89. The molecule has 0 unspecified atom stereocenters. The van der Waals surface area contributed by atoms with Crippen molar-refractivity contribution < 1.29 is 14.3 Å². The third-order valence-corrected chi connectivity index (χ3v) is 4.04. The first-order valence-electron chi connectivity index (χ1n) is 6.89. The number of carbonyl (C=O) groups is 1. The number of halogens is 1. The van der Waals surface area contributed by atoms with Crippen molar-refractivity contribution >= 4 is 11.5 Å². The van der Waals surface area contributed by atoms with Gasteiger partial charge in [-0.2, -0.15) is 0 Å². The lowest BCUT2D eigenvalue weighted by atomic mass is 9.68. The second-order valence-corrected chi connectivity index (χ2v) is 6.98. The van der Waals surface area contributed by atoms with E-state index in [1.165, 1.54) is 18.2 Å². The summed E-state index contributed by atoms with van der Waals surface area (Å²) in [4.78, 5) is 12.4. The molecule has 0 spiro atoms. The number of hydrogen-bond acceptors (Lipinski definition) is 2. The van der Waals surface area contributed by atoms with E-state index in [0.29, 0.717) is 17.5 Å². The third kappa shape index (κ3) is 2.62. The summed E-state index contributed by atoms with van der Waals surface area (Å²) in [5.41, 5.74) is 0.573. The number of aliphatic hydroxyl groups excluding tert-OH is 1. The zero-order valence-corrected chi connectivity index (χ0v) is 12.5. The minimum Gasteiger partial charge on any atom is -0.507 e. The Hall–Kier alpha value is -1.64. The van der Waals surface area contributed by atoms with Crippen LogP contribution < -0.4 is 0 Å². The smallest absolute Gasteiger partial charge is 0.169 e. The van der Waals surface area contributed by atoms with E-state index in [1.54, 1.807) is 6.07 Å². The zero-order chi connectivity index (χ0) is 15.1. The second-order valence-electron chi connectivity index (χ2n) is 6.98. The maximum Gasteiger partial charge on any atom is 0.169 e. The molecule has 1 N–H and O–H groups in total. The fourth-order valence-corrected chi connectivity index (χ4v) is 2.59. The molecule has 0 bridgehead atoms. The van der Waals surface area contributed by atoms with Gasteiger partial charge in [-0.25, -0.2) is 4.39 Å². The molecule has 0 radical (unpaired) electrons. The lowest BCUT2D eigenvalue weighted by Gasteiger charge is -2.34.